The monoisotopic (exact) mass is 179 g/mol. The maximum absolute atomic E-state index is 5.96. The molecule has 2 heteroatoms. The Morgan fingerprint density at radius 2 is 2.15 bits per heavy atom. The van der Waals surface area contributed by atoms with E-state index in [4.69, 9.17) is 10.5 Å². The highest BCUT2D eigenvalue weighted by atomic mass is 16.5. The van der Waals surface area contributed by atoms with E-state index < -0.39 is 0 Å². The smallest absolute Gasteiger partial charge is 0.0824 e. The summed E-state index contributed by atoms with van der Waals surface area (Å²) in [6.07, 6.45) is 9.90. The molecule has 0 bridgehead atoms. The third-order valence-corrected chi connectivity index (χ3v) is 3.06. The first-order chi connectivity index (χ1) is 6.29. The second-order valence-electron chi connectivity index (χ2n) is 3.99. The molecule has 0 saturated carbocycles. The van der Waals surface area contributed by atoms with E-state index >= 15 is 0 Å². The molecule has 1 aliphatic carbocycles. The zero-order chi connectivity index (χ0) is 9.26. The number of rotatable bonds is 1. The fourth-order valence-electron chi connectivity index (χ4n) is 2.30. The van der Waals surface area contributed by atoms with Gasteiger partial charge in [0.1, 0.15) is 0 Å². The predicted octanol–water partition coefficient (Wildman–Crippen LogP) is 1.48. The molecule has 2 N–H and O–H groups in total. The predicted molar refractivity (Wildman–Crippen MR) is 53.3 cm³/mol. The number of ether oxygens (including phenoxy) is 1. The van der Waals surface area contributed by atoms with Crippen molar-refractivity contribution in [1.29, 1.82) is 0 Å². The van der Waals surface area contributed by atoms with Crippen LogP contribution in [0, 0.1) is 11.8 Å². The molecule has 1 heterocycles. The third kappa shape index (κ3) is 1.69. The summed E-state index contributed by atoms with van der Waals surface area (Å²) in [5.41, 5.74) is 5.96. The molecule has 0 aromatic carbocycles. The second kappa shape index (κ2) is 3.64. The van der Waals surface area contributed by atoms with Crippen LogP contribution in [0.4, 0.5) is 0 Å². The first kappa shape index (κ1) is 8.97. The van der Waals surface area contributed by atoms with Crippen LogP contribution in [0.25, 0.3) is 0 Å². The van der Waals surface area contributed by atoms with Crippen LogP contribution >= 0.6 is 0 Å². The molecule has 2 rings (SSSR count). The molecule has 0 radical (unpaired) electrons. The summed E-state index contributed by atoms with van der Waals surface area (Å²) in [6, 6.07) is 0.271. The Morgan fingerprint density at radius 3 is 2.92 bits per heavy atom. The number of nitrogens with two attached hydrogens (primary N) is 1. The highest BCUT2D eigenvalue weighted by Crippen LogP contribution is 2.32. The van der Waals surface area contributed by atoms with Gasteiger partial charge in [-0.1, -0.05) is 24.3 Å². The van der Waals surface area contributed by atoms with Gasteiger partial charge < -0.3 is 10.5 Å². The van der Waals surface area contributed by atoms with Crippen LogP contribution in [0.2, 0.25) is 0 Å². The van der Waals surface area contributed by atoms with Gasteiger partial charge in [0.2, 0.25) is 0 Å². The Hall–Kier alpha value is -0.600. The van der Waals surface area contributed by atoms with Crippen molar-refractivity contribution in [3.05, 3.63) is 24.3 Å². The highest BCUT2D eigenvalue weighted by molar-refractivity contribution is 5.17. The van der Waals surface area contributed by atoms with E-state index in [9.17, 15) is 0 Å². The molecule has 13 heavy (non-hydrogen) atoms. The molecule has 1 saturated heterocycles. The van der Waals surface area contributed by atoms with Gasteiger partial charge >= 0.3 is 0 Å². The Labute approximate surface area is 79.5 Å². The number of hydrogen-bond donors (Lipinski definition) is 1. The first-order valence-electron chi connectivity index (χ1n) is 5.01. The minimum absolute atomic E-state index is 0.271. The van der Waals surface area contributed by atoms with Gasteiger partial charge in [0.15, 0.2) is 0 Å². The summed E-state index contributed by atoms with van der Waals surface area (Å²) in [5.74, 6) is 1.08. The largest absolute Gasteiger partial charge is 0.374 e. The molecule has 0 amide bonds. The molecule has 0 aromatic heterocycles. The lowest BCUT2D eigenvalue weighted by molar-refractivity contribution is -0.0181. The summed E-state index contributed by atoms with van der Waals surface area (Å²) in [6.45, 7) is 2.95. The fourth-order valence-corrected chi connectivity index (χ4v) is 2.30. The summed E-state index contributed by atoms with van der Waals surface area (Å²) in [5, 5.41) is 0. The van der Waals surface area contributed by atoms with Crippen LogP contribution in [0.15, 0.2) is 24.3 Å². The van der Waals surface area contributed by atoms with Crippen molar-refractivity contribution in [3.63, 3.8) is 0 Å². The van der Waals surface area contributed by atoms with Gasteiger partial charge in [0.25, 0.3) is 0 Å². The molecule has 1 fully saturated rings. The zero-order valence-electron chi connectivity index (χ0n) is 8.02. The summed E-state index contributed by atoms with van der Waals surface area (Å²) >= 11 is 0. The number of fused-ring (bicyclic) bond motifs is 1. The quantitative estimate of drug-likeness (QED) is 0.661. The van der Waals surface area contributed by atoms with Crippen LogP contribution in [0.3, 0.4) is 0 Å². The van der Waals surface area contributed by atoms with Gasteiger partial charge in [0.05, 0.1) is 6.10 Å². The molecule has 2 nitrogen and oxygen atoms in total. The van der Waals surface area contributed by atoms with Gasteiger partial charge in [-0.3, -0.25) is 0 Å². The molecule has 4 atom stereocenters. The van der Waals surface area contributed by atoms with Crippen LogP contribution in [-0.2, 0) is 4.74 Å². The minimum Gasteiger partial charge on any atom is -0.374 e. The average Bonchev–Trinajstić information content (AvgIpc) is 2.17. The van der Waals surface area contributed by atoms with Crippen LogP contribution in [0.1, 0.15) is 13.3 Å². The van der Waals surface area contributed by atoms with Gasteiger partial charge in [-0.05, 0) is 19.3 Å². The summed E-state index contributed by atoms with van der Waals surface area (Å²) in [4.78, 5) is 0. The number of hydrogen-bond acceptors (Lipinski definition) is 2. The van der Waals surface area contributed by atoms with E-state index in [1.807, 2.05) is 0 Å². The van der Waals surface area contributed by atoms with E-state index in [-0.39, 0.29) is 12.1 Å². The maximum atomic E-state index is 5.96. The fraction of sp³-hybridized carbons (Fsp3) is 0.636. The van der Waals surface area contributed by atoms with Crippen molar-refractivity contribution in [2.24, 2.45) is 17.6 Å². The third-order valence-electron chi connectivity index (χ3n) is 3.06. The van der Waals surface area contributed by atoms with Crippen molar-refractivity contribution in [1.82, 2.24) is 0 Å². The summed E-state index contributed by atoms with van der Waals surface area (Å²) < 4.78 is 5.67. The molecular formula is C11H17NO. The van der Waals surface area contributed by atoms with E-state index in [0.29, 0.717) is 11.8 Å². The number of allylic oxidation sites excluding steroid dienone is 2. The molecule has 0 spiro atoms. The van der Waals surface area contributed by atoms with Crippen molar-refractivity contribution in [2.45, 2.75) is 25.5 Å². The lowest BCUT2D eigenvalue weighted by atomic mass is 9.77. The average molecular weight is 179 g/mol. The van der Waals surface area contributed by atoms with Crippen molar-refractivity contribution < 1.29 is 4.74 Å². The molecule has 2 aliphatic rings. The van der Waals surface area contributed by atoms with Crippen molar-refractivity contribution >= 4 is 0 Å². The van der Waals surface area contributed by atoms with Gasteiger partial charge in [-0.15, -0.1) is 0 Å². The van der Waals surface area contributed by atoms with Gasteiger partial charge in [0, 0.05) is 18.6 Å². The van der Waals surface area contributed by atoms with E-state index in [2.05, 4.69) is 31.2 Å². The lowest BCUT2D eigenvalue weighted by Gasteiger charge is -2.38. The van der Waals surface area contributed by atoms with E-state index in [1.165, 1.54) is 0 Å². The van der Waals surface area contributed by atoms with Crippen LogP contribution in [0.5, 0.6) is 0 Å². The molecular weight excluding hydrogens is 162 g/mol. The molecule has 4 unspecified atom stereocenters. The van der Waals surface area contributed by atoms with Crippen LogP contribution < -0.4 is 5.73 Å². The maximum Gasteiger partial charge on any atom is 0.0824 e. The van der Waals surface area contributed by atoms with Gasteiger partial charge in [-0.25, -0.2) is 0 Å². The van der Waals surface area contributed by atoms with Crippen LogP contribution in [-0.4, -0.2) is 18.8 Å². The van der Waals surface area contributed by atoms with Gasteiger partial charge in [-0.2, -0.15) is 0 Å². The minimum atomic E-state index is 0.271. The van der Waals surface area contributed by atoms with Crippen molar-refractivity contribution in [2.75, 3.05) is 6.61 Å². The van der Waals surface area contributed by atoms with E-state index in [0.717, 1.165) is 13.0 Å². The highest BCUT2D eigenvalue weighted by Gasteiger charge is 2.33. The standard InChI is InChI=1S/C11H17NO/c1-8(12)9-6-7-13-11-5-3-2-4-10(9)11/h2-5,8-11H,6-7,12H2,1H3. The Bertz CT molecular complexity index is 232. The lowest BCUT2D eigenvalue weighted by Crippen LogP contribution is -2.42. The van der Waals surface area contributed by atoms with E-state index in [1.54, 1.807) is 0 Å². The molecule has 1 aliphatic heterocycles. The topological polar surface area (TPSA) is 35.2 Å². The Kier molecular flexibility index (Phi) is 2.51. The second-order valence-corrected chi connectivity index (χ2v) is 3.99. The Morgan fingerprint density at radius 1 is 1.38 bits per heavy atom. The van der Waals surface area contributed by atoms with Crippen molar-refractivity contribution in [3.8, 4) is 0 Å². The summed E-state index contributed by atoms with van der Waals surface area (Å²) in [7, 11) is 0. The first-order valence-corrected chi connectivity index (χ1v) is 5.01. The molecule has 0 aromatic rings. The molecule has 72 valence electrons. The Balaban J connectivity index is 2.13. The SMILES string of the molecule is CC(N)C1CCOC2C=CC=CC21. The zero-order valence-corrected chi connectivity index (χ0v) is 8.02. The normalized spacial score (nSPS) is 40.0.